The van der Waals surface area contributed by atoms with Crippen molar-refractivity contribution >= 4 is 5.91 Å². The van der Waals surface area contributed by atoms with Crippen molar-refractivity contribution in [1.82, 2.24) is 30.0 Å². The second-order valence-corrected chi connectivity index (χ2v) is 7.92. The average molecular weight is 379 g/mol. The fourth-order valence-corrected chi connectivity index (χ4v) is 4.08. The smallest absolute Gasteiger partial charge is 0.222 e. The lowest BCUT2D eigenvalue weighted by Gasteiger charge is -2.25. The van der Waals surface area contributed by atoms with Crippen molar-refractivity contribution < 1.29 is 9.53 Å². The molecule has 2 heterocycles. The molecule has 1 saturated carbocycles. The van der Waals surface area contributed by atoms with Gasteiger partial charge in [0.25, 0.3) is 0 Å². The van der Waals surface area contributed by atoms with Crippen molar-refractivity contribution in [3.05, 3.63) is 5.82 Å². The van der Waals surface area contributed by atoms with Crippen molar-refractivity contribution in [2.75, 3.05) is 39.9 Å². The van der Waals surface area contributed by atoms with E-state index in [0.29, 0.717) is 13.0 Å². The summed E-state index contributed by atoms with van der Waals surface area (Å²) in [5.41, 5.74) is 0. The van der Waals surface area contributed by atoms with Crippen LogP contribution in [0.3, 0.4) is 0 Å². The minimum absolute atomic E-state index is 0.226. The molecule has 1 aliphatic carbocycles. The van der Waals surface area contributed by atoms with E-state index in [1.165, 1.54) is 32.1 Å². The van der Waals surface area contributed by atoms with Gasteiger partial charge in [-0.1, -0.05) is 25.7 Å². The number of carbonyl (C=O) groups is 1. The van der Waals surface area contributed by atoms with Gasteiger partial charge in [0.2, 0.25) is 5.91 Å². The molecule has 1 amide bonds. The van der Waals surface area contributed by atoms with E-state index in [2.05, 4.69) is 20.4 Å². The second-order valence-electron chi connectivity index (χ2n) is 7.92. The predicted molar refractivity (Wildman–Crippen MR) is 102 cm³/mol. The Hall–Kier alpha value is -1.54. The summed E-state index contributed by atoms with van der Waals surface area (Å²) < 4.78 is 7.21. The summed E-state index contributed by atoms with van der Waals surface area (Å²) in [7, 11) is 1.93. The van der Waals surface area contributed by atoms with Gasteiger partial charge in [0, 0.05) is 39.6 Å². The van der Waals surface area contributed by atoms with Gasteiger partial charge in [-0.3, -0.25) is 9.69 Å². The van der Waals surface area contributed by atoms with E-state index in [0.717, 1.165) is 64.0 Å². The summed E-state index contributed by atoms with van der Waals surface area (Å²) in [6, 6.07) is 0. The number of hydrogen-bond acceptors (Lipinski definition) is 6. The van der Waals surface area contributed by atoms with E-state index in [1.807, 2.05) is 16.6 Å². The molecule has 27 heavy (non-hydrogen) atoms. The monoisotopic (exact) mass is 378 g/mol. The largest absolute Gasteiger partial charge is 0.379 e. The first-order valence-corrected chi connectivity index (χ1v) is 10.5. The topological polar surface area (TPSA) is 76.4 Å². The zero-order chi connectivity index (χ0) is 18.9. The predicted octanol–water partition coefficient (Wildman–Crippen LogP) is 1.71. The van der Waals surface area contributed by atoms with Crippen molar-refractivity contribution in [2.45, 2.75) is 64.5 Å². The van der Waals surface area contributed by atoms with E-state index in [-0.39, 0.29) is 5.91 Å². The molecule has 0 spiro atoms. The van der Waals surface area contributed by atoms with Gasteiger partial charge in [-0.2, -0.15) is 0 Å². The fraction of sp³-hybridized carbons (Fsp3) is 0.895. The standard InChI is InChI=1S/C19H34N6O2/c1-23(10-4-8-17-6-2-3-7-17)19(26)9-5-11-25-18(20-21-22-25)16-24-12-14-27-15-13-24/h17H,2-16H2,1H3. The Morgan fingerprint density at radius 2 is 2.00 bits per heavy atom. The van der Waals surface area contributed by atoms with Gasteiger partial charge in [0.05, 0.1) is 19.8 Å². The summed E-state index contributed by atoms with van der Waals surface area (Å²) in [4.78, 5) is 16.5. The molecule has 152 valence electrons. The van der Waals surface area contributed by atoms with E-state index in [1.54, 1.807) is 0 Å². The normalized spacial score (nSPS) is 18.9. The third-order valence-electron chi connectivity index (χ3n) is 5.84. The van der Waals surface area contributed by atoms with E-state index >= 15 is 0 Å². The lowest BCUT2D eigenvalue weighted by Crippen LogP contribution is -2.36. The Bertz CT molecular complexity index is 566. The Morgan fingerprint density at radius 1 is 1.22 bits per heavy atom. The summed E-state index contributed by atoms with van der Waals surface area (Å²) in [5.74, 6) is 2.00. The molecular formula is C19H34N6O2. The molecule has 0 aromatic carbocycles. The highest BCUT2D eigenvalue weighted by Gasteiger charge is 2.17. The average Bonchev–Trinajstić information content (AvgIpc) is 3.35. The molecule has 3 rings (SSSR count). The molecule has 1 saturated heterocycles. The molecule has 8 heteroatoms. The molecule has 2 aliphatic rings. The zero-order valence-corrected chi connectivity index (χ0v) is 16.7. The van der Waals surface area contributed by atoms with Crippen LogP contribution in [0.1, 0.15) is 57.2 Å². The Morgan fingerprint density at radius 3 is 2.78 bits per heavy atom. The van der Waals surface area contributed by atoms with Crippen LogP contribution in [0.15, 0.2) is 0 Å². The Balaban J connectivity index is 1.32. The summed E-state index contributed by atoms with van der Waals surface area (Å²) >= 11 is 0. The van der Waals surface area contributed by atoms with Crippen LogP contribution in [-0.2, 0) is 22.6 Å². The second kappa shape index (κ2) is 10.7. The molecule has 1 aliphatic heterocycles. The number of aromatic nitrogens is 4. The van der Waals surface area contributed by atoms with Gasteiger partial charge in [-0.25, -0.2) is 4.68 Å². The third kappa shape index (κ3) is 6.53. The van der Waals surface area contributed by atoms with Crippen molar-refractivity contribution in [2.24, 2.45) is 5.92 Å². The maximum absolute atomic E-state index is 12.3. The molecule has 8 nitrogen and oxygen atoms in total. The number of aryl methyl sites for hydroxylation is 1. The number of carbonyl (C=O) groups excluding carboxylic acids is 1. The maximum Gasteiger partial charge on any atom is 0.222 e. The highest BCUT2D eigenvalue weighted by Crippen LogP contribution is 2.28. The summed E-state index contributed by atoms with van der Waals surface area (Å²) in [6.07, 6.45) is 9.28. The van der Waals surface area contributed by atoms with Crippen LogP contribution >= 0.6 is 0 Å². The van der Waals surface area contributed by atoms with Gasteiger partial charge >= 0.3 is 0 Å². The van der Waals surface area contributed by atoms with Crippen molar-refractivity contribution in [3.8, 4) is 0 Å². The SMILES string of the molecule is CN(CCCC1CCCC1)C(=O)CCCn1nnnc1CN1CCOCC1. The highest BCUT2D eigenvalue weighted by atomic mass is 16.5. The number of tetrazole rings is 1. The molecule has 0 unspecified atom stereocenters. The van der Waals surface area contributed by atoms with Gasteiger partial charge in [-0.05, 0) is 35.6 Å². The minimum atomic E-state index is 0.226. The molecule has 0 bridgehead atoms. The minimum Gasteiger partial charge on any atom is -0.379 e. The highest BCUT2D eigenvalue weighted by molar-refractivity contribution is 5.75. The third-order valence-corrected chi connectivity index (χ3v) is 5.84. The van der Waals surface area contributed by atoms with Gasteiger partial charge in [0.15, 0.2) is 5.82 Å². The molecule has 2 fully saturated rings. The van der Waals surface area contributed by atoms with Crippen LogP contribution in [0.2, 0.25) is 0 Å². The first-order chi connectivity index (χ1) is 13.2. The number of morpholine rings is 1. The lowest BCUT2D eigenvalue weighted by atomic mass is 10.0. The summed E-state index contributed by atoms with van der Waals surface area (Å²) in [5, 5.41) is 12.0. The van der Waals surface area contributed by atoms with Gasteiger partial charge in [0.1, 0.15) is 0 Å². The van der Waals surface area contributed by atoms with Crippen LogP contribution in [0.5, 0.6) is 0 Å². The maximum atomic E-state index is 12.3. The van der Waals surface area contributed by atoms with Crippen molar-refractivity contribution in [1.29, 1.82) is 0 Å². The quantitative estimate of drug-likeness (QED) is 0.617. The Kier molecular flexibility index (Phi) is 8.01. The molecule has 1 aromatic rings. The first-order valence-electron chi connectivity index (χ1n) is 10.5. The van der Waals surface area contributed by atoms with Gasteiger partial charge < -0.3 is 9.64 Å². The summed E-state index contributed by atoms with van der Waals surface area (Å²) in [6.45, 7) is 5.67. The number of hydrogen-bond donors (Lipinski definition) is 0. The molecule has 1 aromatic heterocycles. The number of nitrogens with zero attached hydrogens (tertiary/aromatic N) is 6. The fourth-order valence-electron chi connectivity index (χ4n) is 4.08. The molecule has 0 atom stereocenters. The van der Waals surface area contributed by atoms with E-state index in [9.17, 15) is 4.79 Å². The molecule has 0 N–H and O–H groups in total. The van der Waals surface area contributed by atoms with Gasteiger partial charge in [-0.15, -0.1) is 5.10 Å². The van der Waals surface area contributed by atoms with Crippen LogP contribution in [0.4, 0.5) is 0 Å². The molecule has 0 radical (unpaired) electrons. The number of rotatable bonds is 10. The van der Waals surface area contributed by atoms with Crippen molar-refractivity contribution in [3.63, 3.8) is 0 Å². The van der Waals surface area contributed by atoms with E-state index < -0.39 is 0 Å². The first kappa shape index (κ1) is 20.2. The van der Waals surface area contributed by atoms with Crippen LogP contribution in [-0.4, -0.2) is 75.8 Å². The van der Waals surface area contributed by atoms with E-state index in [4.69, 9.17) is 4.74 Å². The Labute approximate surface area is 162 Å². The number of amides is 1. The van der Waals surface area contributed by atoms with Crippen LogP contribution < -0.4 is 0 Å². The van der Waals surface area contributed by atoms with Crippen LogP contribution in [0.25, 0.3) is 0 Å². The van der Waals surface area contributed by atoms with Crippen LogP contribution in [0, 0.1) is 5.92 Å². The number of ether oxygens (including phenoxy) is 1. The molecular weight excluding hydrogens is 344 g/mol. The zero-order valence-electron chi connectivity index (χ0n) is 16.7. The lowest BCUT2D eigenvalue weighted by molar-refractivity contribution is -0.130.